The number of carbonyl (C=O) groups excluding carboxylic acids is 1. The van der Waals surface area contributed by atoms with Crippen molar-refractivity contribution in [1.82, 2.24) is 0 Å². The lowest BCUT2D eigenvalue weighted by Gasteiger charge is -2.24. The number of fused-ring (bicyclic) bond motifs is 1. The summed E-state index contributed by atoms with van der Waals surface area (Å²) in [5.41, 5.74) is 2.61. The number of aryl methyl sites for hydroxylation is 1. The van der Waals surface area contributed by atoms with Gasteiger partial charge < -0.3 is 13.9 Å². The second-order valence-electron chi connectivity index (χ2n) is 8.47. The molecule has 5 nitrogen and oxygen atoms in total. The van der Waals surface area contributed by atoms with Gasteiger partial charge >= 0.3 is 11.6 Å². The molecule has 31 heavy (non-hydrogen) atoms. The number of benzene rings is 2. The van der Waals surface area contributed by atoms with Gasteiger partial charge in [0.2, 0.25) is 0 Å². The SMILES string of the molecule is C=C(C)C(=O)OCC(C)(C)COc1ccc2cc(-c3ccccc3CC)c(=O)oc2c1. The molecule has 0 unspecified atom stereocenters. The average Bonchev–Trinajstić information content (AvgIpc) is 2.75. The highest BCUT2D eigenvalue weighted by Crippen LogP contribution is 2.27. The van der Waals surface area contributed by atoms with Gasteiger partial charge in [-0.3, -0.25) is 0 Å². The van der Waals surface area contributed by atoms with Crippen LogP contribution in [0.1, 0.15) is 33.3 Å². The van der Waals surface area contributed by atoms with Gasteiger partial charge in [0, 0.05) is 22.4 Å². The first kappa shape index (κ1) is 22.3. The first-order valence-corrected chi connectivity index (χ1v) is 10.3. The van der Waals surface area contributed by atoms with Crippen LogP contribution in [-0.2, 0) is 16.0 Å². The van der Waals surface area contributed by atoms with Crippen molar-refractivity contribution in [2.75, 3.05) is 13.2 Å². The summed E-state index contributed by atoms with van der Waals surface area (Å²) in [6, 6.07) is 15.1. The van der Waals surface area contributed by atoms with Crippen LogP contribution in [0.15, 0.2) is 69.9 Å². The quantitative estimate of drug-likeness (QED) is 0.272. The molecule has 0 atom stereocenters. The largest absolute Gasteiger partial charge is 0.493 e. The molecule has 5 heteroatoms. The topological polar surface area (TPSA) is 65.7 Å². The minimum absolute atomic E-state index is 0.210. The van der Waals surface area contributed by atoms with Gasteiger partial charge in [-0.1, -0.05) is 51.6 Å². The number of carbonyl (C=O) groups is 1. The van der Waals surface area contributed by atoms with E-state index in [4.69, 9.17) is 13.9 Å². The van der Waals surface area contributed by atoms with Crippen LogP contribution in [0.4, 0.5) is 0 Å². The summed E-state index contributed by atoms with van der Waals surface area (Å²) in [5, 5.41) is 0.822. The van der Waals surface area contributed by atoms with E-state index in [1.807, 2.05) is 56.3 Å². The number of rotatable bonds is 8. The van der Waals surface area contributed by atoms with Crippen molar-refractivity contribution >= 4 is 16.9 Å². The zero-order valence-corrected chi connectivity index (χ0v) is 18.5. The van der Waals surface area contributed by atoms with Crippen LogP contribution in [0.5, 0.6) is 5.75 Å². The Bertz CT molecular complexity index is 1170. The van der Waals surface area contributed by atoms with E-state index in [1.165, 1.54) is 0 Å². The van der Waals surface area contributed by atoms with E-state index in [0.29, 0.717) is 29.1 Å². The highest BCUT2D eigenvalue weighted by molar-refractivity contribution is 5.87. The van der Waals surface area contributed by atoms with Crippen LogP contribution in [0.25, 0.3) is 22.1 Å². The molecule has 0 bridgehead atoms. The van der Waals surface area contributed by atoms with E-state index in [9.17, 15) is 9.59 Å². The molecule has 0 spiro atoms. The Morgan fingerprint density at radius 2 is 1.81 bits per heavy atom. The van der Waals surface area contributed by atoms with E-state index in [-0.39, 0.29) is 12.2 Å². The maximum absolute atomic E-state index is 12.7. The van der Waals surface area contributed by atoms with Crippen molar-refractivity contribution in [2.45, 2.75) is 34.1 Å². The van der Waals surface area contributed by atoms with Gasteiger partial charge in [0.1, 0.15) is 11.3 Å². The lowest BCUT2D eigenvalue weighted by atomic mass is 9.96. The Labute approximate surface area is 182 Å². The molecule has 0 aliphatic heterocycles. The fourth-order valence-electron chi connectivity index (χ4n) is 3.16. The minimum atomic E-state index is -0.416. The number of ether oxygens (including phenoxy) is 2. The average molecular weight is 421 g/mol. The molecule has 0 aliphatic carbocycles. The van der Waals surface area contributed by atoms with E-state index < -0.39 is 11.4 Å². The molecular formula is C26H28O5. The molecular weight excluding hydrogens is 392 g/mol. The third-order valence-electron chi connectivity index (χ3n) is 4.97. The molecule has 0 fully saturated rings. The Kier molecular flexibility index (Phi) is 6.64. The Morgan fingerprint density at radius 1 is 1.06 bits per heavy atom. The predicted molar refractivity (Wildman–Crippen MR) is 122 cm³/mol. The third-order valence-corrected chi connectivity index (χ3v) is 4.97. The lowest BCUT2D eigenvalue weighted by molar-refractivity contribution is -0.142. The molecule has 0 saturated heterocycles. The van der Waals surface area contributed by atoms with Crippen molar-refractivity contribution in [3.63, 3.8) is 0 Å². The maximum Gasteiger partial charge on any atom is 0.344 e. The first-order valence-electron chi connectivity index (χ1n) is 10.3. The zero-order chi connectivity index (χ0) is 22.6. The van der Waals surface area contributed by atoms with E-state index >= 15 is 0 Å². The monoisotopic (exact) mass is 420 g/mol. The highest BCUT2D eigenvalue weighted by atomic mass is 16.5. The maximum atomic E-state index is 12.7. The highest BCUT2D eigenvalue weighted by Gasteiger charge is 2.22. The normalized spacial score (nSPS) is 11.4. The summed E-state index contributed by atoms with van der Waals surface area (Å²) < 4.78 is 16.7. The van der Waals surface area contributed by atoms with Crippen LogP contribution < -0.4 is 10.4 Å². The summed E-state index contributed by atoms with van der Waals surface area (Å²) >= 11 is 0. The number of hydrogen-bond donors (Lipinski definition) is 0. The Morgan fingerprint density at radius 3 is 2.52 bits per heavy atom. The fraction of sp³-hybridized carbons (Fsp3) is 0.308. The van der Waals surface area contributed by atoms with Gasteiger partial charge in [-0.25, -0.2) is 9.59 Å². The summed E-state index contributed by atoms with van der Waals surface area (Å²) in [7, 11) is 0. The van der Waals surface area contributed by atoms with Crippen molar-refractivity contribution in [3.05, 3.63) is 76.7 Å². The predicted octanol–water partition coefficient (Wildman–Crippen LogP) is 5.55. The molecule has 0 radical (unpaired) electrons. The standard InChI is InChI=1S/C26H28O5/c1-6-18-9-7-8-10-21(18)22-13-19-11-12-20(14-23(19)31-25(22)28)29-15-26(4,5)16-30-24(27)17(2)3/h7-14H,2,6,15-16H2,1,3-5H3. The molecule has 1 aromatic heterocycles. The van der Waals surface area contributed by atoms with Crippen molar-refractivity contribution in [3.8, 4) is 16.9 Å². The van der Waals surface area contributed by atoms with E-state index in [1.54, 1.807) is 13.0 Å². The molecule has 162 valence electrons. The summed E-state index contributed by atoms with van der Waals surface area (Å²) in [4.78, 5) is 24.3. The molecule has 1 heterocycles. The smallest absolute Gasteiger partial charge is 0.344 e. The molecule has 0 saturated carbocycles. The van der Waals surface area contributed by atoms with Crippen molar-refractivity contribution < 1.29 is 18.7 Å². The lowest BCUT2D eigenvalue weighted by Crippen LogP contribution is -2.28. The Hall–Kier alpha value is -3.34. The van der Waals surface area contributed by atoms with Gasteiger partial charge in [0.25, 0.3) is 0 Å². The van der Waals surface area contributed by atoms with Gasteiger partial charge in [0.15, 0.2) is 0 Å². The van der Waals surface area contributed by atoms with Gasteiger partial charge in [-0.05, 0) is 42.7 Å². The van der Waals surface area contributed by atoms with Crippen LogP contribution >= 0.6 is 0 Å². The second kappa shape index (κ2) is 9.21. The molecule has 0 N–H and O–H groups in total. The van der Waals surface area contributed by atoms with Crippen LogP contribution in [0.2, 0.25) is 0 Å². The van der Waals surface area contributed by atoms with E-state index in [2.05, 4.69) is 13.5 Å². The number of hydrogen-bond acceptors (Lipinski definition) is 5. The van der Waals surface area contributed by atoms with E-state index in [0.717, 1.165) is 22.9 Å². The third kappa shape index (κ3) is 5.43. The van der Waals surface area contributed by atoms with Crippen molar-refractivity contribution in [1.29, 1.82) is 0 Å². The summed E-state index contributed by atoms with van der Waals surface area (Å²) in [5.74, 6) is 0.165. The Balaban J connectivity index is 1.78. The number of esters is 1. The zero-order valence-electron chi connectivity index (χ0n) is 18.5. The first-order chi connectivity index (χ1) is 14.7. The van der Waals surface area contributed by atoms with Crippen molar-refractivity contribution in [2.24, 2.45) is 5.41 Å². The molecule has 2 aromatic carbocycles. The molecule has 0 aliphatic rings. The minimum Gasteiger partial charge on any atom is -0.493 e. The van der Waals surface area contributed by atoms with Gasteiger partial charge in [-0.15, -0.1) is 0 Å². The second-order valence-corrected chi connectivity index (χ2v) is 8.47. The molecule has 3 aromatic rings. The van der Waals surface area contributed by atoms with Gasteiger partial charge in [0.05, 0.1) is 18.8 Å². The molecule has 0 amide bonds. The van der Waals surface area contributed by atoms with Crippen LogP contribution in [0, 0.1) is 5.41 Å². The summed E-state index contributed by atoms with van der Waals surface area (Å²) in [6.07, 6.45) is 0.831. The van der Waals surface area contributed by atoms with Gasteiger partial charge in [-0.2, -0.15) is 0 Å². The fourth-order valence-corrected chi connectivity index (χ4v) is 3.16. The molecule has 3 rings (SSSR count). The van der Waals surface area contributed by atoms with Crippen LogP contribution in [-0.4, -0.2) is 19.2 Å². The summed E-state index contributed by atoms with van der Waals surface area (Å²) in [6.45, 7) is 11.7. The van der Waals surface area contributed by atoms with Crippen LogP contribution in [0.3, 0.4) is 0 Å².